The molecule has 1 aliphatic heterocycles. The molecule has 1 N–H and O–H groups in total. The highest BCUT2D eigenvalue weighted by molar-refractivity contribution is 6.74. The minimum atomic E-state index is -0.141. The van der Waals surface area contributed by atoms with Crippen molar-refractivity contribution in [3.8, 4) is 0 Å². The third kappa shape index (κ3) is 2.15. The number of hydrogen-bond donors (Lipinski definition) is 1. The molecule has 0 atom stereocenters. The first-order valence-electron chi connectivity index (χ1n) is 6.74. The number of nitrogens with one attached hydrogen (secondary N) is 1. The van der Waals surface area contributed by atoms with Gasteiger partial charge in [0.15, 0.2) is 6.71 Å². The Hall–Kier alpha value is -0.985. The first kappa shape index (κ1) is 13.4. The minimum absolute atomic E-state index is 0.141. The molecule has 1 aromatic carbocycles. The minimum Gasteiger partial charge on any atom is -0.386 e. The highest BCUT2D eigenvalue weighted by atomic mass is 19.1. The molecule has 18 heavy (non-hydrogen) atoms. The van der Waals surface area contributed by atoms with E-state index in [1.807, 2.05) is 6.07 Å². The Kier molecular flexibility index (Phi) is 3.20. The van der Waals surface area contributed by atoms with Crippen LogP contribution in [0.5, 0.6) is 0 Å². The van der Waals surface area contributed by atoms with Crippen LogP contribution in [0, 0.1) is 16.6 Å². The quantitative estimate of drug-likeness (QED) is 0.787. The summed E-state index contributed by atoms with van der Waals surface area (Å²) in [6.07, 6.45) is 2.27. The Bertz CT molecular complexity index is 438. The Morgan fingerprint density at radius 2 is 1.67 bits per heavy atom. The first-order chi connectivity index (χ1) is 8.27. The van der Waals surface area contributed by atoms with Crippen LogP contribution in [0.1, 0.15) is 27.7 Å². The average molecular weight is 247 g/mol. The molecular formula is C15H23BFN. The molecule has 0 radical (unpaired) electrons. The molecule has 98 valence electrons. The van der Waals surface area contributed by atoms with Crippen LogP contribution in [-0.4, -0.2) is 13.8 Å². The van der Waals surface area contributed by atoms with Crippen LogP contribution in [0.15, 0.2) is 18.2 Å². The number of anilines is 1. The van der Waals surface area contributed by atoms with E-state index in [9.17, 15) is 4.39 Å². The molecule has 1 saturated heterocycles. The summed E-state index contributed by atoms with van der Waals surface area (Å²) < 4.78 is 13.8. The maximum absolute atomic E-state index is 13.8. The Balaban J connectivity index is 2.27. The van der Waals surface area contributed by atoms with Crippen molar-refractivity contribution in [2.45, 2.75) is 40.3 Å². The SMILES string of the molecule is CNc1ccc(B2CC(C)(C)C(C)(C)C2)cc1F. The fourth-order valence-electron chi connectivity index (χ4n) is 3.08. The van der Waals surface area contributed by atoms with Crippen molar-refractivity contribution < 1.29 is 4.39 Å². The van der Waals surface area contributed by atoms with E-state index in [1.165, 1.54) is 0 Å². The summed E-state index contributed by atoms with van der Waals surface area (Å²) in [5.74, 6) is -0.141. The summed E-state index contributed by atoms with van der Waals surface area (Å²) in [6.45, 7) is 9.78. The van der Waals surface area contributed by atoms with Gasteiger partial charge < -0.3 is 5.32 Å². The molecule has 0 aliphatic carbocycles. The van der Waals surface area contributed by atoms with Crippen molar-refractivity contribution in [1.82, 2.24) is 0 Å². The summed E-state index contributed by atoms with van der Waals surface area (Å²) in [6, 6.07) is 5.62. The number of rotatable bonds is 2. The van der Waals surface area contributed by atoms with Crippen LogP contribution >= 0.6 is 0 Å². The molecule has 0 unspecified atom stereocenters. The van der Waals surface area contributed by atoms with Gasteiger partial charge in [0.1, 0.15) is 5.82 Å². The van der Waals surface area contributed by atoms with Crippen LogP contribution < -0.4 is 10.8 Å². The number of benzene rings is 1. The van der Waals surface area contributed by atoms with Crippen molar-refractivity contribution in [2.75, 3.05) is 12.4 Å². The summed E-state index contributed by atoms with van der Waals surface area (Å²) in [4.78, 5) is 0. The molecule has 1 nitrogen and oxygen atoms in total. The maximum atomic E-state index is 13.8. The van der Waals surface area contributed by atoms with Gasteiger partial charge in [-0.05, 0) is 23.0 Å². The predicted molar refractivity (Wildman–Crippen MR) is 78.5 cm³/mol. The third-order valence-electron chi connectivity index (χ3n) is 5.08. The van der Waals surface area contributed by atoms with Gasteiger partial charge in [-0.25, -0.2) is 4.39 Å². The van der Waals surface area contributed by atoms with Gasteiger partial charge in [0.05, 0.1) is 5.69 Å². The van der Waals surface area contributed by atoms with Crippen molar-refractivity contribution in [2.24, 2.45) is 10.8 Å². The second-order valence-corrected chi connectivity index (χ2v) is 6.86. The molecular weight excluding hydrogens is 224 g/mol. The summed E-state index contributed by atoms with van der Waals surface area (Å²) in [5.41, 5.74) is 2.35. The van der Waals surface area contributed by atoms with Gasteiger partial charge >= 0.3 is 0 Å². The molecule has 0 bridgehead atoms. The summed E-state index contributed by atoms with van der Waals surface area (Å²) in [7, 11) is 1.75. The van der Waals surface area contributed by atoms with Gasteiger partial charge in [-0.15, -0.1) is 0 Å². The van der Waals surface area contributed by atoms with E-state index in [0.29, 0.717) is 23.2 Å². The number of halogens is 1. The van der Waals surface area contributed by atoms with Crippen LogP contribution in [0.4, 0.5) is 10.1 Å². The lowest BCUT2D eigenvalue weighted by Crippen LogP contribution is -2.28. The lowest BCUT2D eigenvalue weighted by molar-refractivity contribution is 0.177. The molecule has 1 fully saturated rings. The third-order valence-corrected chi connectivity index (χ3v) is 5.08. The van der Waals surface area contributed by atoms with E-state index in [2.05, 4.69) is 39.1 Å². The van der Waals surface area contributed by atoms with E-state index >= 15 is 0 Å². The zero-order chi connectivity index (χ0) is 13.6. The Labute approximate surface area is 110 Å². The van der Waals surface area contributed by atoms with Crippen molar-refractivity contribution >= 4 is 17.9 Å². The fourth-order valence-corrected chi connectivity index (χ4v) is 3.08. The zero-order valence-corrected chi connectivity index (χ0v) is 12.1. The highest BCUT2D eigenvalue weighted by Crippen LogP contribution is 2.52. The van der Waals surface area contributed by atoms with E-state index < -0.39 is 0 Å². The van der Waals surface area contributed by atoms with Crippen molar-refractivity contribution in [1.29, 1.82) is 0 Å². The van der Waals surface area contributed by atoms with Crippen LogP contribution in [0.2, 0.25) is 12.6 Å². The molecule has 1 aliphatic rings. The fraction of sp³-hybridized carbons (Fsp3) is 0.600. The van der Waals surface area contributed by atoms with Crippen LogP contribution in [0.25, 0.3) is 0 Å². The van der Waals surface area contributed by atoms with Crippen molar-refractivity contribution in [3.63, 3.8) is 0 Å². The molecule has 0 spiro atoms. The van der Waals surface area contributed by atoms with Gasteiger partial charge in [-0.3, -0.25) is 0 Å². The van der Waals surface area contributed by atoms with E-state index in [-0.39, 0.29) is 5.82 Å². The lowest BCUT2D eigenvalue weighted by atomic mass is 9.42. The van der Waals surface area contributed by atoms with Crippen LogP contribution in [0.3, 0.4) is 0 Å². The van der Waals surface area contributed by atoms with Gasteiger partial charge in [-0.1, -0.05) is 51.9 Å². The lowest BCUT2D eigenvalue weighted by Gasteiger charge is -2.35. The second kappa shape index (κ2) is 4.29. The molecule has 0 saturated carbocycles. The molecule has 2 rings (SSSR count). The van der Waals surface area contributed by atoms with Gasteiger partial charge in [-0.2, -0.15) is 0 Å². The van der Waals surface area contributed by atoms with E-state index in [1.54, 1.807) is 13.1 Å². The molecule has 1 heterocycles. The van der Waals surface area contributed by atoms with E-state index in [4.69, 9.17) is 0 Å². The van der Waals surface area contributed by atoms with Gasteiger partial charge in [0.25, 0.3) is 0 Å². The second-order valence-electron chi connectivity index (χ2n) is 6.86. The van der Waals surface area contributed by atoms with Crippen molar-refractivity contribution in [3.05, 3.63) is 24.0 Å². The molecule has 3 heteroatoms. The van der Waals surface area contributed by atoms with Crippen LogP contribution in [-0.2, 0) is 0 Å². The number of hydrogen-bond acceptors (Lipinski definition) is 1. The monoisotopic (exact) mass is 247 g/mol. The van der Waals surface area contributed by atoms with Gasteiger partial charge in [0, 0.05) is 7.05 Å². The topological polar surface area (TPSA) is 12.0 Å². The van der Waals surface area contributed by atoms with E-state index in [0.717, 1.165) is 18.1 Å². The molecule has 0 aromatic heterocycles. The predicted octanol–water partition coefficient (Wildman–Crippen LogP) is 3.64. The summed E-state index contributed by atoms with van der Waals surface area (Å²) in [5, 5.41) is 2.87. The average Bonchev–Trinajstić information content (AvgIpc) is 2.48. The Morgan fingerprint density at radius 3 is 2.11 bits per heavy atom. The highest BCUT2D eigenvalue weighted by Gasteiger charge is 2.48. The van der Waals surface area contributed by atoms with Gasteiger partial charge in [0.2, 0.25) is 0 Å². The first-order valence-corrected chi connectivity index (χ1v) is 6.74. The maximum Gasteiger partial charge on any atom is 0.177 e. The standard InChI is InChI=1S/C15H23BFN/c1-14(2)9-16(10-15(14,3)4)11-6-7-13(18-5)12(17)8-11/h6-8,18H,9-10H2,1-5H3. The molecule has 1 aromatic rings. The normalized spacial score (nSPS) is 21.1. The smallest absolute Gasteiger partial charge is 0.177 e. The zero-order valence-electron chi connectivity index (χ0n) is 12.1. The largest absolute Gasteiger partial charge is 0.386 e. The molecule has 0 amide bonds. The summed E-state index contributed by atoms with van der Waals surface area (Å²) >= 11 is 0. The Morgan fingerprint density at radius 1 is 1.11 bits per heavy atom.